The maximum Gasteiger partial charge on any atom is 0.146 e. The number of nitrogen functional groups attached to an aromatic ring is 1. The van der Waals surface area contributed by atoms with Crippen molar-refractivity contribution < 1.29 is 4.39 Å². The summed E-state index contributed by atoms with van der Waals surface area (Å²) < 4.78 is 13.6. The minimum absolute atomic E-state index is 0.337. The Bertz CT molecular complexity index is 629. The third-order valence-corrected chi connectivity index (χ3v) is 2.57. The molecular weight excluding hydrogens is 229 g/mol. The van der Waals surface area contributed by atoms with E-state index in [1.54, 1.807) is 30.3 Å². The first-order valence-electron chi connectivity index (χ1n) is 5.43. The van der Waals surface area contributed by atoms with Crippen LogP contribution in [0.25, 0.3) is 0 Å². The van der Waals surface area contributed by atoms with Gasteiger partial charge in [0.05, 0.1) is 11.3 Å². The van der Waals surface area contributed by atoms with Crippen molar-refractivity contribution in [1.29, 1.82) is 5.26 Å². The Morgan fingerprint density at radius 3 is 2.72 bits per heavy atom. The number of aryl methyl sites for hydroxylation is 1. The van der Waals surface area contributed by atoms with Crippen LogP contribution in [0.1, 0.15) is 11.1 Å². The maximum absolute atomic E-state index is 13.6. The number of benzene rings is 2. The lowest BCUT2D eigenvalue weighted by atomic mass is 10.1. The van der Waals surface area contributed by atoms with Crippen molar-refractivity contribution in [3.05, 3.63) is 53.3 Å². The number of hydrogen-bond acceptors (Lipinski definition) is 3. The molecule has 0 aliphatic rings. The van der Waals surface area contributed by atoms with E-state index >= 15 is 0 Å². The number of nitrogens with one attached hydrogen (secondary N) is 1. The summed E-state index contributed by atoms with van der Waals surface area (Å²) in [5, 5.41) is 11.8. The van der Waals surface area contributed by atoms with Crippen LogP contribution in [0.2, 0.25) is 0 Å². The lowest BCUT2D eigenvalue weighted by molar-refractivity contribution is 0.631. The Morgan fingerprint density at radius 2 is 2.00 bits per heavy atom. The van der Waals surface area contributed by atoms with Gasteiger partial charge >= 0.3 is 0 Å². The summed E-state index contributed by atoms with van der Waals surface area (Å²) in [4.78, 5) is 0. The van der Waals surface area contributed by atoms with Gasteiger partial charge in [-0.25, -0.2) is 4.39 Å². The zero-order valence-electron chi connectivity index (χ0n) is 9.87. The van der Waals surface area contributed by atoms with Gasteiger partial charge in [-0.2, -0.15) is 5.26 Å². The van der Waals surface area contributed by atoms with E-state index in [0.717, 1.165) is 5.56 Å². The van der Waals surface area contributed by atoms with Gasteiger partial charge in [0, 0.05) is 11.4 Å². The molecule has 0 amide bonds. The van der Waals surface area contributed by atoms with Gasteiger partial charge in [0.15, 0.2) is 0 Å². The molecule has 3 N–H and O–H groups in total. The molecule has 0 unspecified atom stereocenters. The van der Waals surface area contributed by atoms with Crippen molar-refractivity contribution in [3.8, 4) is 6.07 Å². The molecule has 0 saturated carbocycles. The molecule has 0 saturated heterocycles. The van der Waals surface area contributed by atoms with Gasteiger partial charge in [-0.1, -0.05) is 6.07 Å². The Kier molecular flexibility index (Phi) is 3.16. The first kappa shape index (κ1) is 11.9. The van der Waals surface area contributed by atoms with Gasteiger partial charge in [0.25, 0.3) is 0 Å². The average molecular weight is 241 g/mol. The van der Waals surface area contributed by atoms with Crippen LogP contribution in [0.15, 0.2) is 36.4 Å². The first-order chi connectivity index (χ1) is 8.60. The summed E-state index contributed by atoms with van der Waals surface area (Å²) in [5.41, 5.74) is 8.36. The fraction of sp³-hybridized carbons (Fsp3) is 0.0714. The number of nitriles is 1. The number of nitrogens with zero attached hydrogens (tertiary/aromatic N) is 1. The predicted molar refractivity (Wildman–Crippen MR) is 70.0 cm³/mol. The molecule has 0 spiro atoms. The van der Waals surface area contributed by atoms with E-state index in [-0.39, 0.29) is 5.82 Å². The topological polar surface area (TPSA) is 61.8 Å². The molecule has 90 valence electrons. The van der Waals surface area contributed by atoms with E-state index in [2.05, 4.69) is 5.32 Å². The highest BCUT2D eigenvalue weighted by molar-refractivity contribution is 5.67. The normalized spacial score (nSPS) is 9.83. The van der Waals surface area contributed by atoms with Crippen LogP contribution < -0.4 is 11.1 Å². The number of rotatable bonds is 2. The zero-order chi connectivity index (χ0) is 13.1. The highest BCUT2D eigenvalue weighted by Crippen LogP contribution is 2.23. The second-order valence-corrected chi connectivity index (χ2v) is 4.02. The van der Waals surface area contributed by atoms with Crippen LogP contribution in [-0.4, -0.2) is 0 Å². The molecular formula is C14H12FN3. The molecule has 4 heteroatoms. The smallest absolute Gasteiger partial charge is 0.146 e. The molecule has 0 heterocycles. The maximum atomic E-state index is 13.6. The van der Waals surface area contributed by atoms with Gasteiger partial charge in [0.1, 0.15) is 11.9 Å². The van der Waals surface area contributed by atoms with Crippen molar-refractivity contribution in [2.24, 2.45) is 0 Å². The molecule has 2 rings (SSSR count). The van der Waals surface area contributed by atoms with Crippen LogP contribution in [0, 0.1) is 24.1 Å². The Morgan fingerprint density at radius 1 is 1.22 bits per heavy atom. The van der Waals surface area contributed by atoms with E-state index in [0.29, 0.717) is 22.6 Å². The lowest BCUT2D eigenvalue weighted by Gasteiger charge is -2.09. The number of hydrogen-bond donors (Lipinski definition) is 2. The average Bonchev–Trinajstić information content (AvgIpc) is 2.36. The summed E-state index contributed by atoms with van der Waals surface area (Å²) in [7, 11) is 0. The summed E-state index contributed by atoms with van der Waals surface area (Å²) >= 11 is 0. The molecule has 2 aromatic rings. The first-order valence-corrected chi connectivity index (χ1v) is 5.43. The van der Waals surface area contributed by atoms with E-state index in [4.69, 9.17) is 11.0 Å². The van der Waals surface area contributed by atoms with Crippen molar-refractivity contribution in [1.82, 2.24) is 0 Å². The molecule has 0 aliphatic carbocycles. The molecule has 0 atom stereocenters. The SMILES string of the molecule is Cc1ccc(F)c(Nc2ccc(N)c(C#N)c2)c1. The predicted octanol–water partition coefficient (Wildman–Crippen LogP) is 3.33. The monoisotopic (exact) mass is 241 g/mol. The third kappa shape index (κ3) is 2.41. The summed E-state index contributed by atoms with van der Waals surface area (Å²) in [6.45, 7) is 1.88. The van der Waals surface area contributed by atoms with E-state index in [9.17, 15) is 4.39 Å². The zero-order valence-corrected chi connectivity index (χ0v) is 9.87. The van der Waals surface area contributed by atoms with Crippen molar-refractivity contribution in [2.75, 3.05) is 11.1 Å². The quantitative estimate of drug-likeness (QED) is 0.793. The molecule has 3 nitrogen and oxygen atoms in total. The minimum Gasteiger partial charge on any atom is -0.398 e. The van der Waals surface area contributed by atoms with E-state index in [1.165, 1.54) is 6.07 Å². The summed E-state index contributed by atoms with van der Waals surface area (Å²) in [6, 6.07) is 11.7. The van der Waals surface area contributed by atoms with Gasteiger partial charge in [0.2, 0.25) is 0 Å². The van der Waals surface area contributed by atoms with Crippen LogP contribution in [0.4, 0.5) is 21.5 Å². The van der Waals surface area contributed by atoms with Gasteiger partial charge in [-0.3, -0.25) is 0 Å². The largest absolute Gasteiger partial charge is 0.398 e. The number of anilines is 3. The van der Waals surface area contributed by atoms with Crippen molar-refractivity contribution in [2.45, 2.75) is 6.92 Å². The number of halogens is 1. The molecule has 0 fully saturated rings. The van der Waals surface area contributed by atoms with E-state index < -0.39 is 0 Å². The Labute approximate surface area is 105 Å². The van der Waals surface area contributed by atoms with E-state index in [1.807, 2.05) is 13.0 Å². The molecule has 0 aliphatic heterocycles. The highest BCUT2D eigenvalue weighted by Gasteiger charge is 2.04. The van der Waals surface area contributed by atoms with Crippen LogP contribution in [0.3, 0.4) is 0 Å². The highest BCUT2D eigenvalue weighted by atomic mass is 19.1. The molecule has 0 radical (unpaired) electrons. The summed E-state index contributed by atoms with van der Waals surface area (Å²) in [6.07, 6.45) is 0. The summed E-state index contributed by atoms with van der Waals surface area (Å²) in [5.74, 6) is -0.337. The fourth-order valence-electron chi connectivity index (χ4n) is 1.62. The number of nitrogens with two attached hydrogens (primary N) is 1. The Hall–Kier alpha value is -2.54. The van der Waals surface area contributed by atoms with Gasteiger partial charge in [-0.05, 0) is 42.8 Å². The van der Waals surface area contributed by atoms with Gasteiger partial charge in [-0.15, -0.1) is 0 Å². The second kappa shape index (κ2) is 4.76. The lowest BCUT2D eigenvalue weighted by Crippen LogP contribution is -1.97. The van der Waals surface area contributed by atoms with Crippen molar-refractivity contribution in [3.63, 3.8) is 0 Å². The fourth-order valence-corrected chi connectivity index (χ4v) is 1.62. The standard InChI is InChI=1S/C14H12FN3/c1-9-2-4-12(15)14(6-9)18-11-3-5-13(17)10(7-11)8-16/h2-7,18H,17H2,1H3. The Balaban J connectivity index is 2.34. The van der Waals surface area contributed by atoms with Crippen molar-refractivity contribution >= 4 is 17.1 Å². The van der Waals surface area contributed by atoms with Crippen LogP contribution in [0.5, 0.6) is 0 Å². The molecule has 2 aromatic carbocycles. The molecule has 0 aromatic heterocycles. The minimum atomic E-state index is -0.337. The van der Waals surface area contributed by atoms with Crippen LogP contribution >= 0.6 is 0 Å². The van der Waals surface area contributed by atoms with Crippen LogP contribution in [-0.2, 0) is 0 Å². The molecule has 0 bridgehead atoms. The second-order valence-electron chi connectivity index (χ2n) is 4.02. The van der Waals surface area contributed by atoms with Gasteiger partial charge < -0.3 is 11.1 Å². The third-order valence-electron chi connectivity index (χ3n) is 2.57. The molecule has 18 heavy (non-hydrogen) atoms.